The molecule has 0 atom stereocenters. The zero-order chi connectivity index (χ0) is 16.1. The van der Waals surface area contributed by atoms with Crippen molar-refractivity contribution in [3.8, 4) is 0 Å². The van der Waals surface area contributed by atoms with E-state index in [2.05, 4.69) is 5.32 Å². The molecule has 0 aliphatic carbocycles. The van der Waals surface area contributed by atoms with Crippen molar-refractivity contribution in [2.45, 2.75) is 13.8 Å². The molecule has 118 valence electrons. The highest BCUT2D eigenvalue weighted by atomic mass is 16.5. The zero-order valence-corrected chi connectivity index (χ0v) is 12.7. The number of esters is 1. The van der Waals surface area contributed by atoms with E-state index in [1.165, 1.54) is 9.80 Å². The second kappa shape index (κ2) is 7.04. The maximum absolute atomic E-state index is 12.2. The number of ether oxygens (including phenoxy) is 1. The van der Waals surface area contributed by atoms with Crippen molar-refractivity contribution in [1.29, 1.82) is 0 Å². The van der Waals surface area contributed by atoms with E-state index in [-0.39, 0.29) is 25.2 Å². The Kier molecular flexibility index (Phi) is 5.11. The van der Waals surface area contributed by atoms with Crippen molar-refractivity contribution in [2.75, 3.05) is 31.3 Å². The normalized spacial score (nSPS) is 14.6. The van der Waals surface area contributed by atoms with E-state index in [1.807, 2.05) is 6.92 Å². The van der Waals surface area contributed by atoms with Crippen molar-refractivity contribution in [1.82, 2.24) is 10.2 Å². The molecule has 1 fully saturated rings. The summed E-state index contributed by atoms with van der Waals surface area (Å²) in [7, 11) is 0. The molecule has 0 unspecified atom stereocenters. The number of nitrogens with zero attached hydrogens (tertiary/aromatic N) is 2. The molecule has 1 aliphatic heterocycles. The second-order valence-corrected chi connectivity index (χ2v) is 4.72. The average molecular weight is 305 g/mol. The molecule has 0 aromatic heterocycles. The minimum absolute atomic E-state index is 0.00296. The molecule has 7 nitrogen and oxygen atoms in total. The Hall–Kier alpha value is -2.41. The Labute approximate surface area is 128 Å². The van der Waals surface area contributed by atoms with Crippen molar-refractivity contribution < 1.29 is 19.1 Å². The SMILES string of the molecule is CCNCN1C(=O)CN(c2ccc(C(=O)OCC)cc2)C1=O. The first kappa shape index (κ1) is 16.0. The van der Waals surface area contributed by atoms with Crippen LogP contribution in [-0.2, 0) is 9.53 Å². The van der Waals surface area contributed by atoms with E-state index in [9.17, 15) is 14.4 Å². The lowest BCUT2D eigenvalue weighted by Gasteiger charge is -2.17. The molecule has 3 amide bonds. The van der Waals surface area contributed by atoms with Gasteiger partial charge in [-0.15, -0.1) is 0 Å². The molecule has 0 spiro atoms. The van der Waals surface area contributed by atoms with Gasteiger partial charge in [0.25, 0.3) is 5.91 Å². The molecule has 1 heterocycles. The highest BCUT2D eigenvalue weighted by Crippen LogP contribution is 2.21. The van der Waals surface area contributed by atoms with Crippen LogP contribution in [0, 0.1) is 0 Å². The highest BCUT2D eigenvalue weighted by molar-refractivity contribution is 6.12. The lowest BCUT2D eigenvalue weighted by atomic mass is 10.2. The van der Waals surface area contributed by atoms with Gasteiger partial charge in [-0.1, -0.05) is 6.92 Å². The summed E-state index contributed by atoms with van der Waals surface area (Å²) < 4.78 is 4.90. The molecule has 7 heteroatoms. The summed E-state index contributed by atoms with van der Waals surface area (Å²) in [5.74, 6) is -0.660. The van der Waals surface area contributed by atoms with Crippen LogP contribution >= 0.6 is 0 Å². The topological polar surface area (TPSA) is 79.0 Å². The van der Waals surface area contributed by atoms with Crippen LogP contribution in [0.4, 0.5) is 10.5 Å². The molecule has 1 N–H and O–H groups in total. The molecule has 0 radical (unpaired) electrons. The number of nitrogens with one attached hydrogen (secondary N) is 1. The quantitative estimate of drug-likeness (QED) is 0.631. The number of anilines is 1. The Morgan fingerprint density at radius 3 is 2.50 bits per heavy atom. The monoisotopic (exact) mass is 305 g/mol. The van der Waals surface area contributed by atoms with Gasteiger partial charge in [-0.3, -0.25) is 15.0 Å². The summed E-state index contributed by atoms with van der Waals surface area (Å²) in [6, 6.07) is 6.06. The highest BCUT2D eigenvalue weighted by Gasteiger charge is 2.36. The Morgan fingerprint density at radius 1 is 1.23 bits per heavy atom. The summed E-state index contributed by atoms with van der Waals surface area (Å²) in [6.07, 6.45) is 0. The van der Waals surface area contributed by atoms with Crippen LogP contribution < -0.4 is 10.2 Å². The third-order valence-electron chi connectivity index (χ3n) is 3.27. The summed E-state index contributed by atoms with van der Waals surface area (Å²) in [5, 5.41) is 2.96. The fourth-order valence-corrected chi connectivity index (χ4v) is 2.11. The van der Waals surface area contributed by atoms with Gasteiger partial charge in [-0.05, 0) is 37.7 Å². The maximum atomic E-state index is 12.2. The molecular formula is C15H19N3O4. The van der Waals surface area contributed by atoms with E-state index in [0.29, 0.717) is 24.4 Å². The van der Waals surface area contributed by atoms with Crippen LogP contribution in [0.1, 0.15) is 24.2 Å². The van der Waals surface area contributed by atoms with E-state index >= 15 is 0 Å². The van der Waals surface area contributed by atoms with Crippen LogP contribution in [0.2, 0.25) is 0 Å². The van der Waals surface area contributed by atoms with Gasteiger partial charge in [0.05, 0.1) is 18.8 Å². The number of amides is 3. The number of imide groups is 1. The molecule has 2 rings (SSSR count). The Morgan fingerprint density at radius 2 is 1.91 bits per heavy atom. The number of carbonyl (C=O) groups excluding carboxylic acids is 3. The summed E-state index contributed by atoms with van der Waals surface area (Å²) in [5.41, 5.74) is 0.985. The first-order valence-electron chi connectivity index (χ1n) is 7.18. The van der Waals surface area contributed by atoms with Crippen LogP contribution in [0.3, 0.4) is 0 Å². The van der Waals surface area contributed by atoms with Crippen LogP contribution in [0.5, 0.6) is 0 Å². The standard InChI is InChI=1S/C15H19N3O4/c1-3-16-10-18-13(19)9-17(15(18)21)12-7-5-11(6-8-12)14(20)22-4-2/h5-8,16H,3-4,9-10H2,1-2H3. The van der Waals surface area contributed by atoms with Gasteiger partial charge >= 0.3 is 12.0 Å². The van der Waals surface area contributed by atoms with Gasteiger partial charge in [0, 0.05) is 5.69 Å². The predicted molar refractivity (Wildman–Crippen MR) is 80.5 cm³/mol. The largest absolute Gasteiger partial charge is 0.462 e. The van der Waals surface area contributed by atoms with Crippen molar-refractivity contribution >= 4 is 23.6 Å². The zero-order valence-electron chi connectivity index (χ0n) is 12.7. The smallest absolute Gasteiger partial charge is 0.338 e. The fourth-order valence-electron chi connectivity index (χ4n) is 2.11. The number of hydrogen-bond acceptors (Lipinski definition) is 5. The average Bonchev–Trinajstić information content (AvgIpc) is 2.80. The Bertz CT molecular complexity index is 571. The molecule has 1 aliphatic rings. The van der Waals surface area contributed by atoms with E-state index < -0.39 is 5.97 Å². The molecular weight excluding hydrogens is 286 g/mol. The van der Waals surface area contributed by atoms with Gasteiger partial charge in [-0.2, -0.15) is 0 Å². The van der Waals surface area contributed by atoms with Crippen molar-refractivity contribution in [2.24, 2.45) is 0 Å². The number of benzene rings is 1. The number of urea groups is 1. The van der Waals surface area contributed by atoms with Gasteiger partial charge in [0.15, 0.2) is 0 Å². The third-order valence-corrected chi connectivity index (χ3v) is 3.27. The van der Waals surface area contributed by atoms with Crippen LogP contribution in [-0.4, -0.2) is 49.2 Å². The molecule has 0 bridgehead atoms. The van der Waals surface area contributed by atoms with Gasteiger partial charge in [0.2, 0.25) is 0 Å². The number of rotatable bonds is 6. The number of carbonyl (C=O) groups is 3. The summed E-state index contributed by atoms with van der Waals surface area (Å²) in [6.45, 7) is 4.82. The maximum Gasteiger partial charge on any atom is 0.338 e. The molecule has 1 aromatic rings. The van der Waals surface area contributed by atoms with E-state index in [0.717, 1.165) is 0 Å². The molecule has 0 saturated carbocycles. The van der Waals surface area contributed by atoms with Crippen molar-refractivity contribution in [3.63, 3.8) is 0 Å². The lowest BCUT2D eigenvalue weighted by Crippen LogP contribution is -2.39. The second-order valence-electron chi connectivity index (χ2n) is 4.72. The lowest BCUT2D eigenvalue weighted by molar-refractivity contribution is -0.125. The van der Waals surface area contributed by atoms with E-state index in [4.69, 9.17) is 4.74 Å². The first-order chi connectivity index (χ1) is 10.6. The first-order valence-corrected chi connectivity index (χ1v) is 7.18. The van der Waals surface area contributed by atoms with Crippen molar-refractivity contribution in [3.05, 3.63) is 29.8 Å². The number of hydrogen-bond donors (Lipinski definition) is 1. The minimum atomic E-state index is -0.411. The minimum Gasteiger partial charge on any atom is -0.462 e. The molecule has 1 aromatic carbocycles. The Balaban J connectivity index is 2.10. The van der Waals surface area contributed by atoms with Gasteiger partial charge in [-0.25, -0.2) is 14.5 Å². The van der Waals surface area contributed by atoms with E-state index in [1.54, 1.807) is 31.2 Å². The van der Waals surface area contributed by atoms with Gasteiger partial charge < -0.3 is 4.74 Å². The molecule has 1 saturated heterocycles. The van der Waals surface area contributed by atoms with Crippen LogP contribution in [0.25, 0.3) is 0 Å². The predicted octanol–water partition coefficient (Wildman–Crippen LogP) is 1.20. The third kappa shape index (κ3) is 3.25. The van der Waals surface area contributed by atoms with Crippen LogP contribution in [0.15, 0.2) is 24.3 Å². The molecule has 22 heavy (non-hydrogen) atoms. The fraction of sp³-hybridized carbons (Fsp3) is 0.400. The summed E-state index contributed by atoms with van der Waals surface area (Å²) >= 11 is 0. The van der Waals surface area contributed by atoms with Gasteiger partial charge in [0.1, 0.15) is 6.54 Å². The summed E-state index contributed by atoms with van der Waals surface area (Å²) in [4.78, 5) is 38.3.